The smallest absolute Gasteiger partial charge is 0.832 e. The van der Waals surface area contributed by atoms with Gasteiger partial charge in [-0.25, -0.2) is 0 Å². The van der Waals surface area contributed by atoms with Gasteiger partial charge in [-0.2, -0.15) is 0 Å². The van der Waals surface area contributed by atoms with E-state index in [9.17, 15) is 5.02 Å². The molecule has 0 bridgehead atoms. The van der Waals surface area contributed by atoms with Gasteiger partial charge >= 0.3 is 26.2 Å². The van der Waals surface area contributed by atoms with Gasteiger partial charge in [0.05, 0.1) is 0 Å². The van der Waals surface area contributed by atoms with Crippen molar-refractivity contribution in [3.63, 3.8) is 0 Å². The van der Waals surface area contributed by atoms with E-state index in [1.165, 1.54) is 0 Å². The van der Waals surface area contributed by atoms with Crippen LogP contribution >= 0.6 is 0 Å². The van der Waals surface area contributed by atoms with Crippen molar-refractivity contribution >= 4 is 7.32 Å². The van der Waals surface area contributed by atoms with Crippen molar-refractivity contribution in [1.29, 1.82) is 0 Å². The van der Waals surface area contributed by atoms with E-state index in [-0.39, 0.29) is 41.9 Å². The van der Waals surface area contributed by atoms with Gasteiger partial charge in [0, 0.05) is 12.2 Å². The molecule has 0 aliphatic carbocycles. The molecule has 2 atom stereocenters. The SMILES string of the molecule is CC(OB([O-])OC(C)C(C)(C)C)C(C)(C)C.[Li+]. The molecule has 0 aromatic heterocycles. The van der Waals surface area contributed by atoms with E-state index in [4.69, 9.17) is 9.31 Å². The topological polar surface area (TPSA) is 41.5 Å². The van der Waals surface area contributed by atoms with Gasteiger partial charge in [-0.3, -0.25) is 0 Å². The number of hydrogen-bond donors (Lipinski definition) is 0. The van der Waals surface area contributed by atoms with Crippen molar-refractivity contribution < 1.29 is 33.2 Å². The first-order valence-corrected chi connectivity index (χ1v) is 5.91. The average molecular weight is 236 g/mol. The standard InChI is InChI=1S/C12H26BO3.Li/c1-9(11(3,4)5)15-13(14)16-10(2)12(6,7)8;/h9-10H,1-8H3;/q-1;+1. The molecule has 0 saturated carbocycles. The molecule has 5 heteroatoms. The van der Waals surface area contributed by atoms with Crippen LogP contribution < -0.4 is 23.9 Å². The van der Waals surface area contributed by atoms with Crippen molar-refractivity contribution in [3.8, 4) is 0 Å². The first-order chi connectivity index (χ1) is 6.94. The largest absolute Gasteiger partial charge is 1.00 e. The molecule has 0 heterocycles. The number of hydrogen-bond acceptors (Lipinski definition) is 3. The summed E-state index contributed by atoms with van der Waals surface area (Å²) in [5.74, 6) is 0. The summed E-state index contributed by atoms with van der Waals surface area (Å²) in [6, 6.07) is 0. The zero-order valence-electron chi connectivity index (χ0n) is 13.0. The van der Waals surface area contributed by atoms with Crippen molar-refractivity contribution in [3.05, 3.63) is 0 Å². The van der Waals surface area contributed by atoms with Gasteiger partial charge in [-0.05, 0) is 24.7 Å². The maximum absolute atomic E-state index is 11.6. The van der Waals surface area contributed by atoms with E-state index in [1.54, 1.807) is 0 Å². The van der Waals surface area contributed by atoms with Crippen LogP contribution in [0.1, 0.15) is 55.4 Å². The molecule has 0 aromatic carbocycles. The molecule has 0 saturated heterocycles. The molecule has 0 aromatic rings. The van der Waals surface area contributed by atoms with Crippen molar-refractivity contribution in [1.82, 2.24) is 0 Å². The molecule has 0 fully saturated rings. The van der Waals surface area contributed by atoms with E-state index in [2.05, 4.69) is 0 Å². The van der Waals surface area contributed by atoms with Crippen molar-refractivity contribution in [2.45, 2.75) is 67.6 Å². The Labute approximate surface area is 119 Å². The monoisotopic (exact) mass is 236 g/mol. The summed E-state index contributed by atoms with van der Waals surface area (Å²) in [7, 11) is -1.40. The molecular weight excluding hydrogens is 210 g/mol. The Morgan fingerprint density at radius 3 is 1.24 bits per heavy atom. The van der Waals surface area contributed by atoms with Crippen LogP contribution in [0.4, 0.5) is 0 Å². The van der Waals surface area contributed by atoms with Crippen LogP contribution in [0.15, 0.2) is 0 Å². The van der Waals surface area contributed by atoms with E-state index >= 15 is 0 Å². The van der Waals surface area contributed by atoms with Gasteiger partial charge in [0.25, 0.3) is 0 Å². The molecule has 0 rings (SSSR count). The normalized spacial score (nSPS) is 16.1. The summed E-state index contributed by atoms with van der Waals surface area (Å²) in [4.78, 5) is 0. The van der Waals surface area contributed by atoms with Gasteiger partial charge in [-0.15, -0.1) is 0 Å². The minimum absolute atomic E-state index is 0. The Bertz CT molecular complexity index is 189. The van der Waals surface area contributed by atoms with Crippen LogP contribution in [0, 0.1) is 10.8 Å². The molecule has 96 valence electrons. The molecule has 0 aliphatic heterocycles. The first kappa shape index (κ1) is 19.9. The van der Waals surface area contributed by atoms with Crippen LogP contribution in [0.3, 0.4) is 0 Å². The van der Waals surface area contributed by atoms with Crippen LogP contribution in [-0.2, 0) is 9.31 Å². The predicted molar refractivity (Wildman–Crippen MR) is 65.8 cm³/mol. The van der Waals surface area contributed by atoms with Gasteiger partial charge in [0.15, 0.2) is 0 Å². The Balaban J connectivity index is 0. The second kappa shape index (κ2) is 7.21. The van der Waals surface area contributed by atoms with Crippen molar-refractivity contribution in [2.75, 3.05) is 0 Å². The molecular formula is C12H26BLiO3. The third-order valence-electron chi connectivity index (χ3n) is 3.07. The zero-order valence-corrected chi connectivity index (χ0v) is 13.0. The van der Waals surface area contributed by atoms with E-state index < -0.39 is 7.32 Å². The average Bonchev–Trinajstić information content (AvgIpc) is 1.99. The van der Waals surface area contributed by atoms with Gasteiger partial charge in [0.2, 0.25) is 0 Å². The van der Waals surface area contributed by atoms with Crippen LogP contribution in [0.5, 0.6) is 0 Å². The molecule has 0 aliphatic rings. The predicted octanol–water partition coefficient (Wildman–Crippen LogP) is -0.762. The first-order valence-electron chi connectivity index (χ1n) is 5.91. The Hall–Kier alpha value is 0.542. The molecule has 17 heavy (non-hydrogen) atoms. The Kier molecular flexibility index (Phi) is 8.43. The molecule has 0 N–H and O–H groups in total. The zero-order chi connectivity index (χ0) is 13.1. The summed E-state index contributed by atoms with van der Waals surface area (Å²) >= 11 is 0. The number of rotatable bonds is 4. The molecule has 0 spiro atoms. The summed E-state index contributed by atoms with van der Waals surface area (Å²) in [6.07, 6.45) is -0.246. The second-order valence-electron chi connectivity index (χ2n) is 6.58. The quantitative estimate of drug-likeness (QED) is 0.602. The van der Waals surface area contributed by atoms with Gasteiger partial charge in [0.1, 0.15) is 0 Å². The minimum atomic E-state index is -1.40. The Morgan fingerprint density at radius 1 is 0.824 bits per heavy atom. The summed E-state index contributed by atoms with van der Waals surface area (Å²) in [5, 5.41) is 11.6. The van der Waals surface area contributed by atoms with Gasteiger partial charge < -0.3 is 14.3 Å². The van der Waals surface area contributed by atoms with E-state index in [1.807, 2.05) is 55.4 Å². The third-order valence-corrected chi connectivity index (χ3v) is 3.07. The van der Waals surface area contributed by atoms with Gasteiger partial charge in [-0.1, -0.05) is 41.5 Å². The van der Waals surface area contributed by atoms with Crippen LogP contribution in [0.25, 0.3) is 0 Å². The minimum Gasteiger partial charge on any atom is -0.832 e. The van der Waals surface area contributed by atoms with E-state index in [0.29, 0.717) is 0 Å². The summed E-state index contributed by atoms with van der Waals surface area (Å²) in [6.45, 7) is 16.0. The molecule has 3 nitrogen and oxygen atoms in total. The molecule has 0 radical (unpaired) electrons. The fourth-order valence-corrected chi connectivity index (χ4v) is 0.774. The third kappa shape index (κ3) is 8.29. The Morgan fingerprint density at radius 2 is 1.06 bits per heavy atom. The van der Waals surface area contributed by atoms with Crippen molar-refractivity contribution in [2.24, 2.45) is 10.8 Å². The summed E-state index contributed by atoms with van der Waals surface area (Å²) in [5.41, 5.74) is -0.0893. The maximum atomic E-state index is 11.6. The van der Waals surface area contributed by atoms with E-state index in [0.717, 1.165) is 0 Å². The second-order valence-corrected chi connectivity index (χ2v) is 6.58. The molecule has 2 unspecified atom stereocenters. The molecule has 0 amide bonds. The fraction of sp³-hybridized carbons (Fsp3) is 1.00. The summed E-state index contributed by atoms with van der Waals surface area (Å²) < 4.78 is 10.6. The van der Waals surface area contributed by atoms with Crippen LogP contribution in [0.2, 0.25) is 0 Å². The van der Waals surface area contributed by atoms with Crippen LogP contribution in [-0.4, -0.2) is 19.5 Å². The maximum Gasteiger partial charge on any atom is 1.00 e. The fourth-order valence-electron chi connectivity index (χ4n) is 0.774.